The maximum atomic E-state index is 11.0. The first kappa shape index (κ1) is 11.5. The van der Waals surface area contributed by atoms with Gasteiger partial charge in [0.15, 0.2) is 9.84 Å². The van der Waals surface area contributed by atoms with Crippen LogP contribution in [0.2, 0.25) is 0 Å². The van der Waals surface area contributed by atoms with E-state index in [1.165, 1.54) is 19.1 Å². The van der Waals surface area contributed by atoms with Crippen molar-refractivity contribution < 1.29 is 8.42 Å². The second-order valence-corrected chi connectivity index (χ2v) is 6.37. The van der Waals surface area contributed by atoms with Gasteiger partial charge in [0.2, 0.25) is 0 Å². The quantitative estimate of drug-likeness (QED) is 0.801. The topological polar surface area (TPSA) is 72.0 Å². The number of hydrogen-bond acceptors (Lipinski definition) is 5. The van der Waals surface area contributed by atoms with Crippen LogP contribution in [0.5, 0.6) is 0 Å². The van der Waals surface area contributed by atoms with Gasteiger partial charge in [0.25, 0.3) is 0 Å². The van der Waals surface area contributed by atoms with Gasteiger partial charge in [0.1, 0.15) is 11.6 Å². The van der Waals surface area contributed by atoms with E-state index in [0.29, 0.717) is 11.9 Å². The zero-order valence-corrected chi connectivity index (χ0v) is 10.00. The maximum absolute atomic E-state index is 11.0. The van der Waals surface area contributed by atoms with Gasteiger partial charge in [-0.25, -0.2) is 18.4 Å². The fourth-order valence-corrected chi connectivity index (χ4v) is 1.95. The van der Waals surface area contributed by atoms with Gasteiger partial charge in [-0.2, -0.15) is 0 Å². The van der Waals surface area contributed by atoms with E-state index >= 15 is 0 Å². The van der Waals surface area contributed by atoms with Crippen LogP contribution in [-0.2, 0) is 22.1 Å². The van der Waals surface area contributed by atoms with Crippen LogP contribution in [0.3, 0.4) is 0 Å². The Kier molecular flexibility index (Phi) is 3.20. The predicted octanol–water partition coefficient (Wildman–Crippen LogP) is 0.273. The van der Waals surface area contributed by atoms with Crippen molar-refractivity contribution >= 4 is 9.84 Å². The number of nitrogens with zero attached hydrogens (tertiary/aromatic N) is 2. The SMILES string of the molecule is CS(=O)(=O)Cc1ncc(CNC2CC2)cn1. The average Bonchev–Trinajstić information content (AvgIpc) is 2.98. The first-order chi connectivity index (χ1) is 7.53. The van der Waals surface area contributed by atoms with Crippen LogP contribution in [0.15, 0.2) is 12.4 Å². The van der Waals surface area contributed by atoms with Crippen LogP contribution in [0.1, 0.15) is 24.2 Å². The molecule has 0 aliphatic heterocycles. The lowest BCUT2D eigenvalue weighted by molar-refractivity contribution is 0.599. The lowest BCUT2D eigenvalue weighted by Crippen LogP contribution is -2.16. The highest BCUT2D eigenvalue weighted by Crippen LogP contribution is 2.19. The minimum atomic E-state index is -3.05. The lowest BCUT2D eigenvalue weighted by atomic mass is 10.3. The fraction of sp³-hybridized carbons (Fsp3) is 0.600. The summed E-state index contributed by atoms with van der Waals surface area (Å²) in [7, 11) is -3.05. The predicted molar refractivity (Wildman–Crippen MR) is 60.4 cm³/mol. The highest BCUT2D eigenvalue weighted by molar-refractivity contribution is 7.89. The van der Waals surface area contributed by atoms with Crippen molar-refractivity contribution in [2.75, 3.05) is 6.26 Å². The Balaban J connectivity index is 1.92. The van der Waals surface area contributed by atoms with Crippen molar-refractivity contribution in [3.05, 3.63) is 23.8 Å². The molecule has 1 aliphatic carbocycles. The van der Waals surface area contributed by atoms with E-state index in [9.17, 15) is 8.42 Å². The van der Waals surface area contributed by atoms with Crippen LogP contribution >= 0.6 is 0 Å². The number of nitrogens with one attached hydrogen (secondary N) is 1. The molecule has 5 nitrogen and oxygen atoms in total. The maximum Gasteiger partial charge on any atom is 0.154 e. The van der Waals surface area contributed by atoms with E-state index in [-0.39, 0.29) is 5.75 Å². The summed E-state index contributed by atoms with van der Waals surface area (Å²) in [4.78, 5) is 8.06. The van der Waals surface area contributed by atoms with Gasteiger partial charge < -0.3 is 5.32 Å². The van der Waals surface area contributed by atoms with E-state index in [1.54, 1.807) is 12.4 Å². The molecule has 2 rings (SSSR count). The van der Waals surface area contributed by atoms with E-state index in [4.69, 9.17) is 0 Å². The minimum absolute atomic E-state index is 0.0939. The molecule has 0 saturated heterocycles. The summed E-state index contributed by atoms with van der Waals surface area (Å²) in [6.07, 6.45) is 7.03. The number of sulfone groups is 1. The number of hydrogen-bond donors (Lipinski definition) is 1. The van der Waals surface area contributed by atoms with Crippen LogP contribution in [0, 0.1) is 0 Å². The van der Waals surface area contributed by atoms with Crippen molar-refractivity contribution in [1.29, 1.82) is 0 Å². The standard InChI is InChI=1S/C10H15N3O2S/c1-16(14,15)7-10-12-5-8(6-13-10)4-11-9-2-3-9/h5-6,9,11H,2-4,7H2,1H3. The third-order valence-corrected chi connectivity index (χ3v) is 3.10. The molecule has 1 saturated carbocycles. The minimum Gasteiger partial charge on any atom is -0.310 e. The van der Waals surface area contributed by atoms with Gasteiger partial charge in [-0.1, -0.05) is 0 Å². The summed E-state index contributed by atoms with van der Waals surface area (Å²) < 4.78 is 22.0. The molecule has 0 unspecified atom stereocenters. The zero-order valence-electron chi connectivity index (χ0n) is 9.18. The summed E-state index contributed by atoms with van der Waals surface area (Å²) in [5.74, 6) is 0.265. The molecule has 1 fully saturated rings. The Bertz CT molecular complexity index is 451. The van der Waals surface area contributed by atoms with Crippen molar-refractivity contribution in [3.8, 4) is 0 Å². The van der Waals surface area contributed by atoms with Gasteiger partial charge in [-0.3, -0.25) is 0 Å². The molecule has 0 spiro atoms. The van der Waals surface area contributed by atoms with Crippen LogP contribution in [0.25, 0.3) is 0 Å². The molecular formula is C10H15N3O2S. The van der Waals surface area contributed by atoms with Gasteiger partial charge in [0, 0.05) is 36.8 Å². The van der Waals surface area contributed by atoms with Crippen LogP contribution < -0.4 is 5.32 Å². The molecule has 1 heterocycles. The lowest BCUT2D eigenvalue weighted by Gasteiger charge is -2.03. The molecule has 0 bridgehead atoms. The first-order valence-corrected chi connectivity index (χ1v) is 7.30. The molecule has 16 heavy (non-hydrogen) atoms. The molecule has 1 N–H and O–H groups in total. The Morgan fingerprint density at radius 2 is 2.00 bits per heavy atom. The summed E-state index contributed by atoms with van der Waals surface area (Å²) in [5.41, 5.74) is 0.990. The van der Waals surface area contributed by atoms with Crippen molar-refractivity contribution in [2.45, 2.75) is 31.2 Å². The summed E-state index contributed by atoms with van der Waals surface area (Å²) in [6, 6.07) is 0.649. The van der Waals surface area contributed by atoms with Gasteiger partial charge in [-0.05, 0) is 12.8 Å². The largest absolute Gasteiger partial charge is 0.310 e. The highest BCUT2D eigenvalue weighted by atomic mass is 32.2. The van der Waals surface area contributed by atoms with Gasteiger partial charge in [-0.15, -0.1) is 0 Å². The van der Waals surface area contributed by atoms with Crippen LogP contribution in [0.4, 0.5) is 0 Å². The molecule has 0 aromatic carbocycles. The molecule has 0 atom stereocenters. The Hall–Kier alpha value is -1.01. The Labute approximate surface area is 95.2 Å². The number of rotatable bonds is 5. The van der Waals surface area contributed by atoms with E-state index in [1.807, 2.05) is 0 Å². The molecule has 1 aromatic rings. The van der Waals surface area contributed by atoms with E-state index < -0.39 is 9.84 Å². The van der Waals surface area contributed by atoms with Crippen molar-refractivity contribution in [3.63, 3.8) is 0 Å². The Morgan fingerprint density at radius 3 is 2.50 bits per heavy atom. The second-order valence-electron chi connectivity index (χ2n) is 4.23. The van der Waals surface area contributed by atoms with Crippen molar-refractivity contribution in [1.82, 2.24) is 15.3 Å². The normalized spacial score (nSPS) is 16.3. The molecule has 0 radical (unpaired) electrons. The average molecular weight is 241 g/mol. The molecule has 88 valence electrons. The molecule has 0 amide bonds. The van der Waals surface area contributed by atoms with E-state index in [0.717, 1.165) is 12.1 Å². The number of aromatic nitrogens is 2. The summed E-state index contributed by atoms with van der Waals surface area (Å²) in [6.45, 7) is 0.754. The molecular weight excluding hydrogens is 226 g/mol. The smallest absolute Gasteiger partial charge is 0.154 e. The third-order valence-electron chi connectivity index (χ3n) is 2.32. The molecule has 1 aromatic heterocycles. The van der Waals surface area contributed by atoms with Gasteiger partial charge in [0.05, 0.1) is 0 Å². The molecule has 1 aliphatic rings. The summed E-state index contributed by atoms with van der Waals surface area (Å²) in [5, 5.41) is 3.34. The highest BCUT2D eigenvalue weighted by Gasteiger charge is 2.19. The zero-order chi connectivity index (χ0) is 11.6. The second kappa shape index (κ2) is 4.47. The first-order valence-electron chi connectivity index (χ1n) is 5.24. The van der Waals surface area contributed by atoms with Crippen molar-refractivity contribution in [2.24, 2.45) is 0 Å². The molecule has 6 heteroatoms. The summed E-state index contributed by atoms with van der Waals surface area (Å²) >= 11 is 0. The van der Waals surface area contributed by atoms with E-state index in [2.05, 4.69) is 15.3 Å². The van der Waals surface area contributed by atoms with Crippen LogP contribution in [-0.4, -0.2) is 30.7 Å². The third kappa shape index (κ3) is 3.86. The van der Waals surface area contributed by atoms with Gasteiger partial charge >= 0.3 is 0 Å². The Morgan fingerprint density at radius 1 is 1.38 bits per heavy atom. The monoisotopic (exact) mass is 241 g/mol. The fourth-order valence-electron chi connectivity index (χ4n) is 1.33.